The summed E-state index contributed by atoms with van der Waals surface area (Å²) in [7, 11) is 0. The zero-order valence-electron chi connectivity index (χ0n) is 16.1. The van der Waals surface area contributed by atoms with E-state index in [4.69, 9.17) is 0 Å². The minimum absolute atomic E-state index is 0.159. The van der Waals surface area contributed by atoms with Gasteiger partial charge < -0.3 is 10.2 Å². The van der Waals surface area contributed by atoms with Crippen molar-refractivity contribution < 1.29 is 4.79 Å². The maximum atomic E-state index is 12.5. The van der Waals surface area contributed by atoms with E-state index >= 15 is 0 Å². The summed E-state index contributed by atoms with van der Waals surface area (Å²) in [5.41, 5.74) is 0.603. The van der Waals surface area contributed by atoms with Crippen LogP contribution in [0.2, 0.25) is 0 Å². The fraction of sp³-hybridized carbons (Fsp3) is 0.947. The Bertz CT molecular complexity index is 392. The number of hydrogen-bond acceptors (Lipinski definition) is 2. The SMILES string of the molecule is CC(C)(C)C1CCN(C(=O)NC2CCN(C(C)(C)C)CC2)CC1. The highest BCUT2D eigenvalue weighted by Gasteiger charge is 2.32. The van der Waals surface area contributed by atoms with Crippen LogP contribution in [0.4, 0.5) is 4.79 Å². The van der Waals surface area contributed by atoms with Crippen molar-refractivity contribution in [2.24, 2.45) is 11.3 Å². The van der Waals surface area contributed by atoms with Gasteiger partial charge in [-0.2, -0.15) is 0 Å². The molecular formula is C19H37N3O. The van der Waals surface area contributed by atoms with Gasteiger partial charge in [0.1, 0.15) is 0 Å². The molecular weight excluding hydrogens is 286 g/mol. The lowest BCUT2D eigenvalue weighted by molar-refractivity contribution is 0.0915. The van der Waals surface area contributed by atoms with Gasteiger partial charge in [-0.25, -0.2) is 4.79 Å². The van der Waals surface area contributed by atoms with Crippen molar-refractivity contribution >= 4 is 6.03 Å². The lowest BCUT2D eigenvalue weighted by Gasteiger charge is -2.42. The smallest absolute Gasteiger partial charge is 0.317 e. The molecule has 0 aliphatic carbocycles. The highest BCUT2D eigenvalue weighted by molar-refractivity contribution is 5.74. The van der Waals surface area contributed by atoms with Crippen LogP contribution in [0.5, 0.6) is 0 Å². The van der Waals surface area contributed by atoms with Crippen LogP contribution in [0.1, 0.15) is 67.2 Å². The predicted molar refractivity (Wildman–Crippen MR) is 96.6 cm³/mol. The topological polar surface area (TPSA) is 35.6 Å². The Morgan fingerprint density at radius 1 is 0.870 bits per heavy atom. The van der Waals surface area contributed by atoms with Crippen LogP contribution in [0.25, 0.3) is 0 Å². The molecule has 1 N–H and O–H groups in total. The lowest BCUT2D eigenvalue weighted by atomic mass is 9.75. The first-order valence-corrected chi connectivity index (χ1v) is 9.38. The van der Waals surface area contributed by atoms with Crippen molar-refractivity contribution in [3.05, 3.63) is 0 Å². The Hall–Kier alpha value is -0.770. The zero-order chi connectivity index (χ0) is 17.3. The van der Waals surface area contributed by atoms with Gasteiger partial charge in [0.25, 0.3) is 0 Å². The third kappa shape index (κ3) is 5.10. The van der Waals surface area contributed by atoms with E-state index in [1.54, 1.807) is 0 Å². The highest BCUT2D eigenvalue weighted by atomic mass is 16.2. The number of nitrogens with zero attached hydrogens (tertiary/aromatic N) is 2. The van der Waals surface area contributed by atoms with Gasteiger partial charge in [-0.1, -0.05) is 20.8 Å². The quantitative estimate of drug-likeness (QED) is 0.798. The number of nitrogens with one attached hydrogen (secondary N) is 1. The van der Waals surface area contributed by atoms with Crippen molar-refractivity contribution in [1.29, 1.82) is 0 Å². The molecule has 2 heterocycles. The molecule has 2 rings (SSSR count). The number of carbonyl (C=O) groups excluding carboxylic acids is 1. The van der Waals surface area contributed by atoms with Crippen LogP contribution in [-0.4, -0.2) is 53.6 Å². The molecule has 0 radical (unpaired) electrons. The number of urea groups is 1. The van der Waals surface area contributed by atoms with E-state index < -0.39 is 0 Å². The molecule has 2 fully saturated rings. The normalized spacial score (nSPS) is 23.1. The average molecular weight is 324 g/mol. The Labute approximate surface area is 143 Å². The molecule has 23 heavy (non-hydrogen) atoms. The summed E-state index contributed by atoms with van der Waals surface area (Å²) >= 11 is 0. The number of rotatable bonds is 1. The highest BCUT2D eigenvalue weighted by Crippen LogP contribution is 2.34. The zero-order valence-corrected chi connectivity index (χ0v) is 16.1. The Kier molecular flexibility index (Phi) is 5.65. The predicted octanol–water partition coefficient (Wildman–Crippen LogP) is 3.72. The first kappa shape index (κ1) is 18.6. The van der Waals surface area contributed by atoms with E-state index in [-0.39, 0.29) is 11.6 Å². The minimum Gasteiger partial charge on any atom is -0.335 e. The fourth-order valence-corrected chi connectivity index (χ4v) is 3.91. The summed E-state index contributed by atoms with van der Waals surface area (Å²) < 4.78 is 0. The lowest BCUT2D eigenvalue weighted by Crippen LogP contribution is -2.54. The number of piperidine rings is 2. The second-order valence-electron chi connectivity index (χ2n) is 9.51. The second kappa shape index (κ2) is 7.00. The molecule has 4 heteroatoms. The number of amides is 2. The fourth-order valence-electron chi connectivity index (χ4n) is 3.91. The molecule has 0 unspecified atom stereocenters. The van der Waals surface area contributed by atoms with Crippen LogP contribution < -0.4 is 5.32 Å². The van der Waals surface area contributed by atoms with E-state index in [0.717, 1.165) is 57.8 Å². The van der Waals surface area contributed by atoms with Gasteiger partial charge >= 0.3 is 6.03 Å². The monoisotopic (exact) mass is 323 g/mol. The van der Waals surface area contributed by atoms with Crippen molar-refractivity contribution in [2.45, 2.75) is 78.8 Å². The van der Waals surface area contributed by atoms with Gasteiger partial charge in [-0.3, -0.25) is 4.90 Å². The van der Waals surface area contributed by atoms with Crippen molar-refractivity contribution in [2.75, 3.05) is 26.2 Å². The van der Waals surface area contributed by atoms with E-state index in [9.17, 15) is 4.79 Å². The molecule has 134 valence electrons. The molecule has 0 aromatic heterocycles. The summed E-state index contributed by atoms with van der Waals surface area (Å²) in [6.45, 7) is 17.7. The van der Waals surface area contributed by atoms with Crippen LogP contribution in [0, 0.1) is 11.3 Å². The van der Waals surface area contributed by atoms with Gasteiger partial charge in [0.2, 0.25) is 0 Å². The summed E-state index contributed by atoms with van der Waals surface area (Å²) in [5, 5.41) is 3.27. The molecule has 0 aromatic carbocycles. The van der Waals surface area contributed by atoms with Gasteiger partial charge in [-0.05, 0) is 57.8 Å². The summed E-state index contributed by atoms with van der Waals surface area (Å²) in [4.78, 5) is 17.0. The van der Waals surface area contributed by atoms with Crippen LogP contribution in [0.15, 0.2) is 0 Å². The van der Waals surface area contributed by atoms with E-state index in [0.29, 0.717) is 11.5 Å². The largest absolute Gasteiger partial charge is 0.335 e. The molecule has 2 saturated heterocycles. The van der Waals surface area contributed by atoms with Gasteiger partial charge in [0.05, 0.1) is 0 Å². The van der Waals surface area contributed by atoms with E-state index in [2.05, 4.69) is 51.8 Å². The summed E-state index contributed by atoms with van der Waals surface area (Å²) in [6.07, 6.45) is 4.42. The Balaban J connectivity index is 1.74. The molecule has 0 aromatic rings. The maximum Gasteiger partial charge on any atom is 0.317 e. The third-order valence-electron chi connectivity index (χ3n) is 5.78. The maximum absolute atomic E-state index is 12.5. The van der Waals surface area contributed by atoms with Gasteiger partial charge in [-0.15, -0.1) is 0 Å². The number of likely N-dealkylation sites (tertiary alicyclic amines) is 2. The molecule has 0 spiro atoms. The minimum atomic E-state index is 0.159. The Morgan fingerprint density at radius 3 is 1.83 bits per heavy atom. The standard InChI is InChI=1S/C19H37N3O/c1-18(2,3)15-7-11-21(12-8-15)17(23)20-16-9-13-22(14-10-16)19(4,5)6/h15-16H,7-14H2,1-6H3,(H,20,23). The molecule has 4 nitrogen and oxygen atoms in total. The molecule has 0 saturated carbocycles. The molecule has 2 aliphatic rings. The van der Waals surface area contributed by atoms with Crippen molar-refractivity contribution in [3.63, 3.8) is 0 Å². The first-order chi connectivity index (χ1) is 10.6. The van der Waals surface area contributed by atoms with Crippen LogP contribution >= 0.6 is 0 Å². The summed E-state index contributed by atoms with van der Waals surface area (Å²) in [5.74, 6) is 0.738. The third-order valence-corrected chi connectivity index (χ3v) is 5.78. The number of hydrogen-bond donors (Lipinski definition) is 1. The first-order valence-electron chi connectivity index (χ1n) is 9.38. The van der Waals surface area contributed by atoms with E-state index in [1.807, 2.05) is 4.90 Å². The molecule has 2 amide bonds. The van der Waals surface area contributed by atoms with Crippen LogP contribution in [0.3, 0.4) is 0 Å². The summed E-state index contributed by atoms with van der Waals surface area (Å²) in [6, 6.07) is 0.507. The molecule has 0 atom stereocenters. The number of carbonyl (C=O) groups is 1. The van der Waals surface area contributed by atoms with Gasteiger partial charge in [0.15, 0.2) is 0 Å². The average Bonchev–Trinajstić information content (AvgIpc) is 2.46. The molecule has 0 bridgehead atoms. The van der Waals surface area contributed by atoms with Crippen molar-refractivity contribution in [1.82, 2.24) is 15.1 Å². The second-order valence-corrected chi connectivity index (χ2v) is 9.51. The van der Waals surface area contributed by atoms with E-state index in [1.165, 1.54) is 0 Å². The molecule has 2 aliphatic heterocycles. The van der Waals surface area contributed by atoms with Crippen molar-refractivity contribution in [3.8, 4) is 0 Å². The van der Waals surface area contributed by atoms with Crippen LogP contribution in [-0.2, 0) is 0 Å². The van der Waals surface area contributed by atoms with Gasteiger partial charge in [0, 0.05) is 37.8 Å². The Morgan fingerprint density at radius 2 is 1.39 bits per heavy atom.